The zero-order chi connectivity index (χ0) is 19.8. The van der Waals surface area contributed by atoms with E-state index in [1.165, 1.54) is 0 Å². The van der Waals surface area contributed by atoms with Gasteiger partial charge in [0, 0.05) is 17.9 Å². The molecule has 146 valence electrons. The molecule has 1 unspecified atom stereocenters. The number of sulfonamides is 1. The molecule has 0 saturated carbocycles. The standard InChI is InChI=1S/C20H25NO4S2/c1-13-10-14(2)19(15(3)11-13)27(22,23)21-8-9-26-20(21)17-12-16(24-4)6-7-18(17)25-5/h6-7,10-12,20H,8-9H2,1-5H3. The number of rotatable bonds is 5. The Labute approximate surface area is 165 Å². The molecule has 5 nitrogen and oxygen atoms in total. The number of aryl methyl sites for hydroxylation is 3. The third-order valence-corrected chi connectivity index (χ3v) is 8.27. The highest BCUT2D eigenvalue weighted by Crippen LogP contribution is 2.46. The third-order valence-electron chi connectivity index (χ3n) is 4.72. The summed E-state index contributed by atoms with van der Waals surface area (Å²) in [4.78, 5) is 0.405. The van der Waals surface area contributed by atoms with Gasteiger partial charge in [-0.15, -0.1) is 11.8 Å². The first-order valence-corrected chi connectivity index (χ1v) is 11.2. The van der Waals surface area contributed by atoms with Gasteiger partial charge in [-0.1, -0.05) is 17.7 Å². The second kappa shape index (κ2) is 7.73. The summed E-state index contributed by atoms with van der Waals surface area (Å²) in [7, 11) is -0.449. The molecule has 2 aromatic rings. The Kier molecular flexibility index (Phi) is 5.74. The van der Waals surface area contributed by atoms with Gasteiger partial charge in [-0.3, -0.25) is 0 Å². The van der Waals surface area contributed by atoms with E-state index in [0.29, 0.717) is 22.9 Å². The lowest BCUT2D eigenvalue weighted by Gasteiger charge is -2.26. The van der Waals surface area contributed by atoms with Crippen molar-refractivity contribution in [2.75, 3.05) is 26.5 Å². The molecule has 3 rings (SSSR count). The molecule has 1 aliphatic heterocycles. The van der Waals surface area contributed by atoms with Crippen LogP contribution >= 0.6 is 11.8 Å². The number of benzene rings is 2. The largest absolute Gasteiger partial charge is 0.497 e. The molecule has 1 heterocycles. The highest BCUT2D eigenvalue weighted by Gasteiger charge is 2.39. The summed E-state index contributed by atoms with van der Waals surface area (Å²) in [6, 6.07) is 9.34. The van der Waals surface area contributed by atoms with Crippen molar-refractivity contribution in [3.63, 3.8) is 0 Å². The molecular formula is C20H25NO4S2. The molecule has 0 aliphatic carbocycles. The lowest BCUT2D eigenvalue weighted by Crippen LogP contribution is -2.31. The maximum Gasteiger partial charge on any atom is 0.244 e. The van der Waals surface area contributed by atoms with E-state index in [4.69, 9.17) is 9.47 Å². The van der Waals surface area contributed by atoms with E-state index in [1.54, 1.807) is 30.3 Å². The van der Waals surface area contributed by atoms with Gasteiger partial charge in [0.25, 0.3) is 0 Å². The number of hydrogen-bond donors (Lipinski definition) is 0. The van der Waals surface area contributed by atoms with Crippen molar-refractivity contribution in [1.82, 2.24) is 4.31 Å². The minimum absolute atomic E-state index is 0.347. The molecule has 1 saturated heterocycles. The van der Waals surface area contributed by atoms with Crippen LogP contribution in [0.15, 0.2) is 35.2 Å². The maximum atomic E-state index is 13.6. The summed E-state index contributed by atoms with van der Waals surface area (Å²) in [5.41, 5.74) is 3.43. The Morgan fingerprint density at radius 2 is 1.70 bits per heavy atom. The zero-order valence-corrected chi connectivity index (χ0v) is 17.9. The van der Waals surface area contributed by atoms with Crippen LogP contribution in [0, 0.1) is 20.8 Å². The fraction of sp³-hybridized carbons (Fsp3) is 0.400. The summed E-state index contributed by atoms with van der Waals surface area (Å²) in [6.07, 6.45) is 0. The van der Waals surface area contributed by atoms with Gasteiger partial charge in [0.05, 0.1) is 24.5 Å². The van der Waals surface area contributed by atoms with Crippen LogP contribution in [0.3, 0.4) is 0 Å². The average Bonchev–Trinajstić information content (AvgIpc) is 3.10. The van der Waals surface area contributed by atoms with Crippen molar-refractivity contribution in [3.05, 3.63) is 52.6 Å². The van der Waals surface area contributed by atoms with Crippen molar-refractivity contribution < 1.29 is 17.9 Å². The van der Waals surface area contributed by atoms with Gasteiger partial charge in [-0.25, -0.2) is 8.42 Å². The first-order valence-electron chi connectivity index (χ1n) is 8.72. The molecule has 0 bridgehead atoms. The zero-order valence-electron chi connectivity index (χ0n) is 16.3. The molecule has 0 spiro atoms. The predicted octanol–water partition coefficient (Wildman–Crippen LogP) is 4.07. The van der Waals surface area contributed by atoms with Crippen molar-refractivity contribution in [2.45, 2.75) is 31.0 Å². The number of thioether (sulfide) groups is 1. The lowest BCUT2D eigenvalue weighted by atomic mass is 10.1. The number of ether oxygens (including phenoxy) is 2. The minimum Gasteiger partial charge on any atom is -0.497 e. The highest BCUT2D eigenvalue weighted by molar-refractivity contribution is 8.01. The Morgan fingerprint density at radius 1 is 1.04 bits per heavy atom. The van der Waals surface area contributed by atoms with Gasteiger partial charge in [-0.05, 0) is 50.1 Å². The van der Waals surface area contributed by atoms with Crippen LogP contribution in [0.25, 0.3) is 0 Å². The average molecular weight is 408 g/mol. The fourth-order valence-corrected chi connectivity index (χ4v) is 7.33. The first kappa shape index (κ1) is 20.0. The van der Waals surface area contributed by atoms with Crippen LogP contribution in [-0.2, 0) is 10.0 Å². The summed E-state index contributed by atoms with van der Waals surface area (Å²) in [5.74, 6) is 2.07. The molecule has 1 fully saturated rings. The van der Waals surface area contributed by atoms with Crippen molar-refractivity contribution in [2.24, 2.45) is 0 Å². The lowest BCUT2D eigenvalue weighted by molar-refractivity contribution is 0.382. The van der Waals surface area contributed by atoms with E-state index in [2.05, 4.69) is 0 Å². The van der Waals surface area contributed by atoms with Crippen molar-refractivity contribution >= 4 is 21.8 Å². The highest BCUT2D eigenvalue weighted by atomic mass is 32.2. The van der Waals surface area contributed by atoms with Crippen LogP contribution in [0.4, 0.5) is 0 Å². The van der Waals surface area contributed by atoms with Gasteiger partial charge in [-0.2, -0.15) is 4.31 Å². The summed E-state index contributed by atoms with van der Waals surface area (Å²) in [5, 5.41) is -0.347. The fourth-order valence-electron chi connectivity index (χ4n) is 3.67. The van der Waals surface area contributed by atoms with Crippen LogP contribution in [0.1, 0.15) is 27.6 Å². The van der Waals surface area contributed by atoms with E-state index in [-0.39, 0.29) is 5.37 Å². The van der Waals surface area contributed by atoms with E-state index in [9.17, 15) is 8.42 Å². The first-order chi connectivity index (χ1) is 12.8. The third kappa shape index (κ3) is 3.68. The molecular weight excluding hydrogens is 382 g/mol. The van der Waals surface area contributed by atoms with Crippen LogP contribution in [0.2, 0.25) is 0 Å². The number of nitrogens with zero attached hydrogens (tertiary/aromatic N) is 1. The molecule has 1 aliphatic rings. The SMILES string of the molecule is COc1ccc(OC)c(C2SCCN2S(=O)(=O)c2c(C)cc(C)cc2C)c1. The summed E-state index contributed by atoms with van der Waals surface area (Å²) < 4.78 is 39.5. The van der Waals surface area contributed by atoms with Crippen LogP contribution in [-0.4, -0.2) is 39.2 Å². The van der Waals surface area contributed by atoms with Crippen LogP contribution < -0.4 is 9.47 Å². The second-order valence-corrected chi connectivity index (χ2v) is 9.69. The quantitative estimate of drug-likeness (QED) is 0.748. The summed E-state index contributed by atoms with van der Waals surface area (Å²) >= 11 is 1.60. The van der Waals surface area contributed by atoms with E-state index >= 15 is 0 Å². The molecule has 2 aromatic carbocycles. The molecule has 27 heavy (non-hydrogen) atoms. The van der Waals surface area contributed by atoms with Gasteiger partial charge >= 0.3 is 0 Å². The van der Waals surface area contributed by atoms with Crippen molar-refractivity contribution in [1.29, 1.82) is 0 Å². The Hall–Kier alpha value is -1.70. The van der Waals surface area contributed by atoms with Gasteiger partial charge in [0.15, 0.2) is 0 Å². The molecule has 0 N–H and O–H groups in total. The predicted molar refractivity (Wildman–Crippen MR) is 109 cm³/mol. The molecule has 1 atom stereocenters. The van der Waals surface area contributed by atoms with E-state index in [1.807, 2.05) is 51.1 Å². The monoisotopic (exact) mass is 407 g/mol. The smallest absolute Gasteiger partial charge is 0.244 e. The van der Waals surface area contributed by atoms with Crippen molar-refractivity contribution in [3.8, 4) is 11.5 Å². The van der Waals surface area contributed by atoms with Gasteiger partial charge < -0.3 is 9.47 Å². The molecule has 7 heteroatoms. The number of hydrogen-bond acceptors (Lipinski definition) is 5. The Balaban J connectivity index is 2.10. The second-order valence-electron chi connectivity index (χ2n) is 6.67. The minimum atomic E-state index is -3.64. The van der Waals surface area contributed by atoms with Gasteiger partial charge in [0.2, 0.25) is 10.0 Å². The molecule has 0 aromatic heterocycles. The Morgan fingerprint density at radius 3 is 2.30 bits per heavy atom. The maximum absolute atomic E-state index is 13.6. The summed E-state index contributed by atoms with van der Waals surface area (Å²) in [6.45, 7) is 6.16. The van der Waals surface area contributed by atoms with Gasteiger partial charge in [0.1, 0.15) is 11.5 Å². The van der Waals surface area contributed by atoms with E-state index in [0.717, 1.165) is 28.0 Å². The topological polar surface area (TPSA) is 55.8 Å². The normalized spacial score (nSPS) is 17.9. The van der Waals surface area contributed by atoms with E-state index < -0.39 is 10.0 Å². The number of methoxy groups -OCH3 is 2. The van der Waals surface area contributed by atoms with Crippen LogP contribution in [0.5, 0.6) is 11.5 Å². The Bertz CT molecular complexity index is 933. The molecule has 0 radical (unpaired) electrons. The molecule has 0 amide bonds.